The van der Waals surface area contributed by atoms with Crippen molar-refractivity contribution in [2.24, 2.45) is 11.8 Å². The molecule has 1 fully saturated rings. The van der Waals surface area contributed by atoms with Crippen molar-refractivity contribution in [2.75, 3.05) is 13.2 Å². The molecule has 30 heavy (non-hydrogen) atoms. The van der Waals surface area contributed by atoms with Gasteiger partial charge in [-0.3, -0.25) is 9.59 Å². The highest BCUT2D eigenvalue weighted by Gasteiger charge is 2.61. The topological polar surface area (TPSA) is 93.1 Å². The van der Waals surface area contributed by atoms with Crippen LogP contribution in [-0.4, -0.2) is 49.0 Å². The lowest BCUT2D eigenvalue weighted by Crippen LogP contribution is -2.57. The zero-order valence-electron chi connectivity index (χ0n) is 18.6. The Morgan fingerprint density at radius 2 is 1.73 bits per heavy atom. The molecule has 0 aromatic heterocycles. The summed E-state index contributed by atoms with van der Waals surface area (Å²) >= 11 is 0. The summed E-state index contributed by atoms with van der Waals surface area (Å²) in [6.07, 6.45) is 1.03. The lowest BCUT2D eigenvalue weighted by Gasteiger charge is -2.54. The maximum Gasteiger partial charge on any atom is 0.310 e. The average Bonchev–Trinajstić information content (AvgIpc) is 2.63. The Kier molecular flexibility index (Phi) is 6.34. The Bertz CT molecular complexity index is 812. The van der Waals surface area contributed by atoms with Gasteiger partial charge in [0.05, 0.1) is 30.7 Å². The standard InChI is InChI=1S/C23H34O6Si/c1-6-9-28-22(26)19-18(21(25)29-10-11-30(3,4)5)17-13-23(2,27)20(19)16-12-14(24)7-8-15(16)17/h7-8,12,17-20,24,27H,6,9-11,13H2,1-5H3/t17?,18-,19+,20+,23?/m1/s1. The molecule has 6 nitrogen and oxygen atoms in total. The average molecular weight is 435 g/mol. The molecule has 3 aliphatic carbocycles. The van der Waals surface area contributed by atoms with Crippen molar-refractivity contribution < 1.29 is 29.3 Å². The van der Waals surface area contributed by atoms with E-state index in [0.717, 1.165) is 17.2 Å². The summed E-state index contributed by atoms with van der Waals surface area (Å²) in [6.45, 7) is 10.9. The molecule has 0 aliphatic heterocycles. The van der Waals surface area contributed by atoms with E-state index in [1.54, 1.807) is 25.1 Å². The molecule has 7 heteroatoms. The molecule has 166 valence electrons. The van der Waals surface area contributed by atoms with Gasteiger partial charge in [-0.15, -0.1) is 0 Å². The zero-order valence-corrected chi connectivity index (χ0v) is 19.6. The van der Waals surface area contributed by atoms with Crippen LogP contribution in [0.5, 0.6) is 5.75 Å². The monoisotopic (exact) mass is 434 g/mol. The maximum absolute atomic E-state index is 13.2. The van der Waals surface area contributed by atoms with E-state index in [1.165, 1.54) is 0 Å². The highest BCUT2D eigenvalue weighted by atomic mass is 28.3. The highest BCUT2D eigenvalue weighted by molar-refractivity contribution is 6.76. The third kappa shape index (κ3) is 4.42. The minimum Gasteiger partial charge on any atom is -0.508 e. The van der Waals surface area contributed by atoms with Crippen LogP contribution in [0.4, 0.5) is 0 Å². The van der Waals surface area contributed by atoms with Crippen LogP contribution in [0.15, 0.2) is 18.2 Å². The minimum atomic E-state index is -1.37. The number of aliphatic hydroxyl groups is 1. The molecule has 0 heterocycles. The van der Waals surface area contributed by atoms with Gasteiger partial charge >= 0.3 is 11.9 Å². The van der Waals surface area contributed by atoms with Crippen molar-refractivity contribution in [3.8, 4) is 5.75 Å². The van der Waals surface area contributed by atoms with Crippen molar-refractivity contribution in [3.63, 3.8) is 0 Å². The lowest BCUT2D eigenvalue weighted by atomic mass is 9.51. The van der Waals surface area contributed by atoms with Crippen LogP contribution in [0.2, 0.25) is 25.7 Å². The van der Waals surface area contributed by atoms with E-state index in [4.69, 9.17) is 9.47 Å². The Hall–Kier alpha value is -1.86. The Morgan fingerprint density at radius 1 is 1.10 bits per heavy atom. The summed E-state index contributed by atoms with van der Waals surface area (Å²) in [7, 11) is -1.37. The van der Waals surface area contributed by atoms with Crippen molar-refractivity contribution in [3.05, 3.63) is 29.3 Å². The Labute approximate surface area is 179 Å². The van der Waals surface area contributed by atoms with Gasteiger partial charge in [-0.2, -0.15) is 0 Å². The molecule has 1 aromatic carbocycles. The highest BCUT2D eigenvalue weighted by Crippen LogP contribution is 2.60. The summed E-state index contributed by atoms with van der Waals surface area (Å²) in [5.41, 5.74) is 0.438. The molecular formula is C23H34O6Si. The fraction of sp³-hybridized carbons (Fsp3) is 0.652. The minimum absolute atomic E-state index is 0.0760. The van der Waals surface area contributed by atoms with Crippen LogP contribution < -0.4 is 0 Å². The number of ether oxygens (including phenoxy) is 2. The van der Waals surface area contributed by atoms with E-state index < -0.39 is 43.4 Å². The number of benzene rings is 1. The number of hydrogen-bond donors (Lipinski definition) is 2. The van der Waals surface area contributed by atoms with E-state index in [2.05, 4.69) is 19.6 Å². The number of phenolic OH excluding ortho intramolecular Hbond substituents is 1. The number of fused-ring (bicyclic) bond motifs is 2. The number of aromatic hydroxyl groups is 1. The first-order chi connectivity index (χ1) is 14.0. The summed E-state index contributed by atoms with van der Waals surface area (Å²) in [5, 5.41) is 21.2. The van der Waals surface area contributed by atoms with E-state index in [1.807, 2.05) is 6.92 Å². The maximum atomic E-state index is 13.2. The van der Waals surface area contributed by atoms with Gasteiger partial charge in [-0.1, -0.05) is 32.6 Å². The third-order valence-electron chi connectivity index (χ3n) is 6.38. The van der Waals surface area contributed by atoms with Crippen LogP contribution in [0, 0.1) is 11.8 Å². The van der Waals surface area contributed by atoms with Gasteiger partial charge in [0.15, 0.2) is 0 Å². The van der Waals surface area contributed by atoms with E-state index in [0.29, 0.717) is 19.4 Å². The molecule has 3 aliphatic rings. The van der Waals surface area contributed by atoms with Gasteiger partial charge in [0.25, 0.3) is 0 Å². The first kappa shape index (κ1) is 22.8. The number of carbonyl (C=O) groups excluding carboxylic acids is 2. The molecule has 2 unspecified atom stereocenters. The van der Waals surface area contributed by atoms with Crippen LogP contribution >= 0.6 is 0 Å². The Morgan fingerprint density at radius 3 is 2.37 bits per heavy atom. The second-order valence-electron chi connectivity index (χ2n) is 10.2. The van der Waals surface area contributed by atoms with Crippen molar-refractivity contribution in [1.82, 2.24) is 0 Å². The van der Waals surface area contributed by atoms with Crippen molar-refractivity contribution >= 4 is 20.0 Å². The molecule has 1 saturated carbocycles. The fourth-order valence-electron chi connectivity index (χ4n) is 4.99. The van der Waals surface area contributed by atoms with E-state index >= 15 is 0 Å². The normalized spacial score (nSPS) is 29.9. The van der Waals surface area contributed by atoms with Gasteiger partial charge in [0.2, 0.25) is 0 Å². The molecular weight excluding hydrogens is 400 g/mol. The van der Waals surface area contributed by atoms with Gasteiger partial charge in [0, 0.05) is 19.9 Å². The quantitative estimate of drug-likeness (QED) is 0.501. The largest absolute Gasteiger partial charge is 0.508 e. The summed E-state index contributed by atoms with van der Waals surface area (Å²) in [5.74, 6) is -3.32. The Balaban J connectivity index is 1.98. The third-order valence-corrected chi connectivity index (χ3v) is 8.08. The molecule has 0 saturated heterocycles. The number of esters is 2. The molecule has 0 radical (unpaired) electrons. The summed E-state index contributed by atoms with van der Waals surface area (Å²) < 4.78 is 11.1. The SMILES string of the molecule is CCCOC(=O)[C@H]1[C@H](C(=O)OCC[Si](C)(C)C)C2CC(C)(O)[C@H]1c1cc(O)ccc12. The van der Waals surface area contributed by atoms with Crippen LogP contribution in [0.25, 0.3) is 0 Å². The number of hydrogen-bond acceptors (Lipinski definition) is 6. The molecule has 0 amide bonds. The molecule has 0 spiro atoms. The summed E-state index contributed by atoms with van der Waals surface area (Å²) in [4.78, 5) is 26.3. The summed E-state index contributed by atoms with van der Waals surface area (Å²) in [6, 6.07) is 5.85. The molecule has 2 N–H and O–H groups in total. The van der Waals surface area contributed by atoms with E-state index in [9.17, 15) is 19.8 Å². The predicted octanol–water partition coefficient (Wildman–Crippen LogP) is 3.79. The number of carbonyl (C=O) groups is 2. The second kappa shape index (κ2) is 8.34. The van der Waals surface area contributed by atoms with Gasteiger partial charge in [-0.25, -0.2) is 0 Å². The predicted molar refractivity (Wildman–Crippen MR) is 116 cm³/mol. The van der Waals surface area contributed by atoms with Crippen molar-refractivity contribution in [2.45, 2.75) is 69.8 Å². The molecule has 5 atom stereocenters. The first-order valence-electron chi connectivity index (χ1n) is 10.8. The van der Waals surface area contributed by atoms with Gasteiger partial charge in [0.1, 0.15) is 5.75 Å². The fourth-order valence-corrected chi connectivity index (χ4v) is 5.71. The van der Waals surface area contributed by atoms with Gasteiger partial charge in [-0.05, 0) is 49.1 Å². The lowest BCUT2D eigenvalue weighted by molar-refractivity contribution is -0.174. The van der Waals surface area contributed by atoms with E-state index in [-0.39, 0.29) is 18.3 Å². The molecule has 2 bridgehead atoms. The van der Waals surface area contributed by atoms with Crippen molar-refractivity contribution in [1.29, 1.82) is 0 Å². The number of rotatable bonds is 7. The van der Waals surface area contributed by atoms with Gasteiger partial charge < -0.3 is 19.7 Å². The first-order valence-corrected chi connectivity index (χ1v) is 14.6. The van der Waals surface area contributed by atoms with Crippen LogP contribution in [0.3, 0.4) is 0 Å². The second-order valence-corrected chi connectivity index (χ2v) is 15.8. The zero-order chi connectivity index (χ0) is 22.3. The number of phenols is 1. The molecule has 4 rings (SSSR count). The molecule has 1 aromatic rings. The van der Waals surface area contributed by atoms with Crippen LogP contribution in [0.1, 0.15) is 49.7 Å². The van der Waals surface area contributed by atoms with Crippen LogP contribution in [-0.2, 0) is 19.1 Å². The smallest absolute Gasteiger partial charge is 0.310 e.